The van der Waals surface area contributed by atoms with Crippen LogP contribution in [0.1, 0.15) is 0 Å². The minimum Gasteiger partial charge on any atom is -0.495 e. The predicted octanol–water partition coefficient (Wildman–Crippen LogP) is 0.973. The van der Waals surface area contributed by atoms with Crippen LogP contribution in [0.4, 0.5) is 0 Å². The summed E-state index contributed by atoms with van der Waals surface area (Å²) in [5, 5.41) is 13.3. The minimum atomic E-state index is -3.71. The fourth-order valence-corrected chi connectivity index (χ4v) is 5.37. The van der Waals surface area contributed by atoms with E-state index in [1.807, 2.05) is 0 Å². The SMILES string of the molecule is COc1ccc(Cl)cc1S(=O)(=O)N1CC2CNCC2(CO)C1.Cl. The first-order chi connectivity index (χ1) is 10.4. The van der Waals surface area contributed by atoms with E-state index in [0.29, 0.717) is 24.7 Å². The van der Waals surface area contributed by atoms with Crippen LogP contribution in [0, 0.1) is 11.3 Å². The standard InChI is InChI=1S/C14H19ClN2O4S.ClH/c1-21-12-3-2-11(15)4-13(12)22(19,20)17-6-10-5-16-7-14(10,8-17)9-18;/h2-4,10,16,18H,5-9H2,1H3;1H. The van der Waals surface area contributed by atoms with Crippen LogP contribution in [0.2, 0.25) is 5.02 Å². The van der Waals surface area contributed by atoms with Crippen molar-refractivity contribution in [1.82, 2.24) is 9.62 Å². The van der Waals surface area contributed by atoms with Crippen molar-refractivity contribution < 1.29 is 18.3 Å². The molecule has 2 saturated heterocycles. The monoisotopic (exact) mass is 382 g/mol. The molecule has 2 aliphatic heterocycles. The average Bonchev–Trinajstić information content (AvgIpc) is 3.04. The fourth-order valence-electron chi connectivity index (χ4n) is 3.37. The van der Waals surface area contributed by atoms with Gasteiger partial charge in [-0.25, -0.2) is 8.42 Å². The molecule has 130 valence electrons. The van der Waals surface area contributed by atoms with Crippen LogP contribution in [0.25, 0.3) is 0 Å². The number of methoxy groups -OCH3 is 1. The van der Waals surface area contributed by atoms with Crippen molar-refractivity contribution in [2.75, 3.05) is 39.9 Å². The summed E-state index contributed by atoms with van der Waals surface area (Å²) >= 11 is 5.95. The van der Waals surface area contributed by atoms with Gasteiger partial charge in [-0.1, -0.05) is 11.6 Å². The molecule has 0 amide bonds. The second kappa shape index (κ2) is 6.74. The quantitative estimate of drug-likeness (QED) is 0.810. The molecule has 3 rings (SSSR count). The maximum atomic E-state index is 12.9. The van der Waals surface area contributed by atoms with Gasteiger partial charge in [-0.3, -0.25) is 0 Å². The highest BCUT2D eigenvalue weighted by Crippen LogP contribution is 2.42. The largest absolute Gasteiger partial charge is 0.495 e. The molecule has 23 heavy (non-hydrogen) atoms. The summed E-state index contributed by atoms with van der Waals surface area (Å²) in [6.45, 7) is 2.03. The van der Waals surface area contributed by atoms with Crippen LogP contribution >= 0.6 is 24.0 Å². The molecule has 9 heteroatoms. The molecule has 2 unspecified atom stereocenters. The Hall–Kier alpha value is -0.570. The number of hydrogen-bond donors (Lipinski definition) is 2. The predicted molar refractivity (Wildman–Crippen MR) is 89.9 cm³/mol. The normalized spacial score (nSPS) is 27.5. The average molecular weight is 383 g/mol. The third-order valence-corrected chi connectivity index (χ3v) is 6.78. The number of aliphatic hydroxyl groups excluding tert-OH is 1. The Kier molecular flexibility index (Phi) is 5.50. The van der Waals surface area contributed by atoms with Gasteiger partial charge in [0.15, 0.2) is 0 Å². The number of fused-ring (bicyclic) bond motifs is 1. The molecule has 0 aliphatic carbocycles. The third kappa shape index (κ3) is 3.06. The van der Waals surface area contributed by atoms with Gasteiger partial charge >= 0.3 is 0 Å². The Morgan fingerprint density at radius 2 is 2.26 bits per heavy atom. The van der Waals surface area contributed by atoms with E-state index in [9.17, 15) is 13.5 Å². The van der Waals surface area contributed by atoms with E-state index in [-0.39, 0.29) is 41.0 Å². The van der Waals surface area contributed by atoms with Gasteiger partial charge in [0, 0.05) is 30.1 Å². The smallest absolute Gasteiger partial charge is 0.246 e. The molecule has 2 N–H and O–H groups in total. The van der Waals surface area contributed by atoms with Crippen LogP contribution in [0.3, 0.4) is 0 Å². The summed E-state index contributed by atoms with van der Waals surface area (Å²) in [5.74, 6) is 0.398. The molecule has 2 aliphatic rings. The first-order valence-corrected chi connectivity index (χ1v) is 8.90. The summed E-state index contributed by atoms with van der Waals surface area (Å²) in [6.07, 6.45) is 0. The Morgan fingerprint density at radius 3 is 2.87 bits per heavy atom. The molecular formula is C14H20Cl2N2O4S. The van der Waals surface area contributed by atoms with Crippen molar-refractivity contribution in [2.24, 2.45) is 11.3 Å². The van der Waals surface area contributed by atoms with Crippen molar-refractivity contribution in [3.63, 3.8) is 0 Å². The lowest BCUT2D eigenvalue weighted by molar-refractivity contribution is 0.130. The lowest BCUT2D eigenvalue weighted by atomic mass is 9.82. The first-order valence-electron chi connectivity index (χ1n) is 7.08. The van der Waals surface area contributed by atoms with E-state index < -0.39 is 10.0 Å². The Labute approximate surface area is 147 Å². The molecule has 0 bridgehead atoms. The summed E-state index contributed by atoms with van der Waals surface area (Å²) < 4.78 is 32.5. The maximum absolute atomic E-state index is 12.9. The molecule has 1 aromatic carbocycles. The van der Waals surface area contributed by atoms with Gasteiger partial charge in [-0.15, -0.1) is 12.4 Å². The molecule has 2 heterocycles. The zero-order chi connectivity index (χ0) is 16.0. The van der Waals surface area contributed by atoms with E-state index >= 15 is 0 Å². The van der Waals surface area contributed by atoms with Gasteiger partial charge in [0.1, 0.15) is 10.6 Å². The summed E-state index contributed by atoms with van der Waals surface area (Å²) in [5.41, 5.74) is -0.390. The molecule has 0 radical (unpaired) electrons. The number of halogens is 2. The Balaban J connectivity index is 0.00000192. The highest BCUT2D eigenvalue weighted by atomic mass is 35.5. The molecule has 1 aromatic rings. The molecule has 2 atom stereocenters. The molecule has 2 fully saturated rings. The molecule has 0 saturated carbocycles. The van der Waals surface area contributed by atoms with Crippen molar-refractivity contribution in [3.05, 3.63) is 23.2 Å². The molecule has 0 spiro atoms. The lowest BCUT2D eigenvalue weighted by Crippen LogP contribution is -2.38. The molecule has 6 nitrogen and oxygen atoms in total. The first kappa shape index (κ1) is 18.8. The number of ether oxygens (including phenoxy) is 1. The van der Waals surface area contributed by atoms with E-state index in [1.165, 1.54) is 17.5 Å². The van der Waals surface area contributed by atoms with E-state index in [0.717, 1.165) is 6.54 Å². The highest BCUT2D eigenvalue weighted by Gasteiger charge is 2.52. The van der Waals surface area contributed by atoms with E-state index in [2.05, 4.69) is 5.32 Å². The van der Waals surface area contributed by atoms with Gasteiger partial charge < -0.3 is 15.2 Å². The molecule has 0 aromatic heterocycles. The Bertz CT molecular complexity index is 685. The van der Waals surface area contributed by atoms with Crippen molar-refractivity contribution in [2.45, 2.75) is 4.90 Å². The van der Waals surface area contributed by atoms with Crippen LogP contribution in [0.15, 0.2) is 23.1 Å². The number of nitrogens with zero attached hydrogens (tertiary/aromatic N) is 1. The van der Waals surface area contributed by atoms with Crippen molar-refractivity contribution >= 4 is 34.0 Å². The van der Waals surface area contributed by atoms with Gasteiger partial charge in [-0.2, -0.15) is 4.31 Å². The summed E-state index contributed by atoms with van der Waals surface area (Å²) in [6, 6.07) is 4.56. The minimum absolute atomic E-state index is 0. The Morgan fingerprint density at radius 1 is 1.52 bits per heavy atom. The number of benzene rings is 1. The maximum Gasteiger partial charge on any atom is 0.246 e. The lowest BCUT2D eigenvalue weighted by Gasteiger charge is -2.25. The van der Waals surface area contributed by atoms with E-state index in [4.69, 9.17) is 16.3 Å². The summed E-state index contributed by atoms with van der Waals surface area (Å²) in [7, 11) is -2.28. The van der Waals surface area contributed by atoms with Crippen molar-refractivity contribution in [3.8, 4) is 5.75 Å². The highest BCUT2D eigenvalue weighted by molar-refractivity contribution is 7.89. The topological polar surface area (TPSA) is 78.9 Å². The number of aliphatic hydroxyl groups is 1. The fraction of sp³-hybridized carbons (Fsp3) is 0.571. The van der Waals surface area contributed by atoms with Crippen molar-refractivity contribution in [1.29, 1.82) is 0 Å². The third-order valence-electron chi connectivity index (χ3n) is 4.71. The number of rotatable bonds is 4. The van der Waals surface area contributed by atoms with Crippen LogP contribution in [0.5, 0.6) is 5.75 Å². The van der Waals surface area contributed by atoms with Crippen LogP contribution in [-0.2, 0) is 10.0 Å². The number of nitrogens with one attached hydrogen (secondary N) is 1. The van der Waals surface area contributed by atoms with E-state index in [1.54, 1.807) is 12.1 Å². The number of sulfonamides is 1. The second-order valence-corrected chi connectivity index (χ2v) is 8.28. The van der Waals surface area contributed by atoms with Crippen LogP contribution < -0.4 is 10.1 Å². The van der Waals surface area contributed by atoms with Gasteiger partial charge in [0.25, 0.3) is 0 Å². The summed E-state index contributed by atoms with van der Waals surface area (Å²) in [4.78, 5) is 0.0727. The molecular weight excluding hydrogens is 363 g/mol. The van der Waals surface area contributed by atoms with Crippen LogP contribution in [-0.4, -0.2) is 57.7 Å². The van der Waals surface area contributed by atoms with Gasteiger partial charge in [0.2, 0.25) is 10.0 Å². The second-order valence-electron chi connectivity index (χ2n) is 5.94. The van der Waals surface area contributed by atoms with Gasteiger partial charge in [0.05, 0.1) is 13.7 Å². The number of hydrogen-bond acceptors (Lipinski definition) is 5. The van der Waals surface area contributed by atoms with Gasteiger partial charge in [-0.05, 0) is 30.7 Å². The zero-order valence-corrected chi connectivity index (χ0v) is 15.0. The zero-order valence-electron chi connectivity index (χ0n) is 12.7.